The molecule has 1 heterocycles. The van der Waals surface area contributed by atoms with Crippen molar-refractivity contribution < 1.29 is 13.2 Å². The number of carbonyl (C=O) groups excluding carboxylic acids is 1. The number of piperidine rings is 1. The van der Waals surface area contributed by atoms with Gasteiger partial charge in [-0.1, -0.05) is 6.42 Å². The molecule has 0 spiro atoms. The molecule has 112 valence electrons. The Kier molecular flexibility index (Phi) is 6.22. The van der Waals surface area contributed by atoms with Gasteiger partial charge in [0.15, 0.2) is 0 Å². The van der Waals surface area contributed by atoms with Crippen LogP contribution in [0.3, 0.4) is 0 Å². The number of likely N-dealkylation sites (tertiary alicyclic amines) is 1. The van der Waals surface area contributed by atoms with Gasteiger partial charge in [0.05, 0.1) is 12.8 Å². The highest BCUT2D eigenvalue weighted by molar-refractivity contribution is 7.88. The van der Waals surface area contributed by atoms with E-state index >= 15 is 0 Å². The molecule has 0 bridgehead atoms. The third-order valence-corrected chi connectivity index (χ3v) is 4.86. The number of carbonyl (C=O) groups is 1. The molecule has 1 amide bonds. The molecular formula is C12H25N3O3S. The van der Waals surface area contributed by atoms with Crippen LogP contribution in [0.25, 0.3) is 0 Å². The highest BCUT2D eigenvalue weighted by Crippen LogP contribution is 2.15. The summed E-state index contributed by atoms with van der Waals surface area (Å²) in [5.41, 5.74) is 0. The molecule has 0 aromatic heterocycles. The molecule has 1 atom stereocenters. The lowest BCUT2D eigenvalue weighted by Crippen LogP contribution is -2.44. The van der Waals surface area contributed by atoms with Crippen molar-refractivity contribution >= 4 is 15.9 Å². The van der Waals surface area contributed by atoms with Crippen LogP contribution in [0.5, 0.6) is 0 Å². The van der Waals surface area contributed by atoms with E-state index in [9.17, 15) is 13.2 Å². The standard InChI is InChI=1S/C12H25N3O3S/c1-11-6-4-5-8-15(11)9-7-13-12(16)10-14(2)19(3,17)18/h11H,4-10H2,1-3H3,(H,13,16). The molecule has 19 heavy (non-hydrogen) atoms. The molecule has 1 unspecified atom stereocenters. The van der Waals surface area contributed by atoms with Crippen LogP contribution < -0.4 is 5.32 Å². The Hall–Kier alpha value is -0.660. The van der Waals surface area contributed by atoms with Gasteiger partial charge in [0.2, 0.25) is 15.9 Å². The minimum atomic E-state index is -3.29. The van der Waals surface area contributed by atoms with Crippen LogP contribution in [-0.2, 0) is 14.8 Å². The Morgan fingerprint density at radius 1 is 1.42 bits per heavy atom. The second-order valence-electron chi connectivity index (χ2n) is 5.25. The average molecular weight is 291 g/mol. The SMILES string of the molecule is CC1CCCCN1CCNC(=O)CN(C)S(C)(=O)=O. The minimum Gasteiger partial charge on any atom is -0.354 e. The molecule has 7 heteroatoms. The smallest absolute Gasteiger partial charge is 0.235 e. The molecule has 0 aliphatic carbocycles. The molecule has 1 aliphatic rings. The largest absolute Gasteiger partial charge is 0.354 e. The summed E-state index contributed by atoms with van der Waals surface area (Å²) in [6.07, 6.45) is 4.80. The van der Waals surface area contributed by atoms with Crippen LogP contribution in [0.2, 0.25) is 0 Å². The van der Waals surface area contributed by atoms with Gasteiger partial charge in [0.1, 0.15) is 0 Å². The van der Waals surface area contributed by atoms with Crippen molar-refractivity contribution in [1.29, 1.82) is 0 Å². The van der Waals surface area contributed by atoms with Crippen molar-refractivity contribution in [2.75, 3.05) is 39.5 Å². The van der Waals surface area contributed by atoms with Crippen LogP contribution in [0.1, 0.15) is 26.2 Å². The maximum Gasteiger partial charge on any atom is 0.235 e. The number of sulfonamides is 1. The zero-order valence-electron chi connectivity index (χ0n) is 12.1. The van der Waals surface area contributed by atoms with Crippen LogP contribution in [0, 0.1) is 0 Å². The fourth-order valence-corrected chi connectivity index (χ4v) is 2.56. The monoisotopic (exact) mass is 291 g/mol. The number of nitrogens with one attached hydrogen (secondary N) is 1. The predicted octanol–water partition coefficient (Wildman–Crippen LogP) is -0.132. The van der Waals surface area contributed by atoms with E-state index in [1.165, 1.54) is 26.3 Å². The zero-order chi connectivity index (χ0) is 14.5. The minimum absolute atomic E-state index is 0.117. The first-order valence-electron chi connectivity index (χ1n) is 6.73. The van der Waals surface area contributed by atoms with E-state index in [2.05, 4.69) is 17.1 Å². The molecule has 6 nitrogen and oxygen atoms in total. The van der Waals surface area contributed by atoms with Crippen LogP contribution in [0.15, 0.2) is 0 Å². The Bertz CT molecular complexity index is 397. The van der Waals surface area contributed by atoms with E-state index in [1.54, 1.807) is 0 Å². The highest BCUT2D eigenvalue weighted by atomic mass is 32.2. The van der Waals surface area contributed by atoms with Crippen molar-refractivity contribution in [3.05, 3.63) is 0 Å². The maximum absolute atomic E-state index is 11.6. The van der Waals surface area contributed by atoms with Crippen molar-refractivity contribution in [3.63, 3.8) is 0 Å². The van der Waals surface area contributed by atoms with Gasteiger partial charge in [0, 0.05) is 26.2 Å². The Morgan fingerprint density at radius 3 is 2.68 bits per heavy atom. The number of nitrogens with zero attached hydrogens (tertiary/aromatic N) is 2. The van der Waals surface area contributed by atoms with E-state index in [-0.39, 0.29) is 12.5 Å². The van der Waals surface area contributed by atoms with E-state index in [0.29, 0.717) is 12.6 Å². The lowest BCUT2D eigenvalue weighted by Gasteiger charge is -2.33. The number of rotatable bonds is 6. The Balaban J connectivity index is 2.23. The summed E-state index contributed by atoms with van der Waals surface area (Å²) in [7, 11) is -1.89. The first-order valence-corrected chi connectivity index (χ1v) is 8.57. The summed E-state index contributed by atoms with van der Waals surface area (Å²) >= 11 is 0. The Morgan fingerprint density at radius 2 is 2.11 bits per heavy atom. The fourth-order valence-electron chi connectivity index (χ4n) is 2.20. The van der Waals surface area contributed by atoms with E-state index < -0.39 is 10.0 Å². The predicted molar refractivity (Wildman–Crippen MR) is 75.4 cm³/mol. The van der Waals surface area contributed by atoms with Crippen molar-refractivity contribution in [2.45, 2.75) is 32.2 Å². The number of hydrogen-bond donors (Lipinski definition) is 1. The van der Waals surface area contributed by atoms with Crippen LogP contribution in [-0.4, -0.2) is 69.1 Å². The van der Waals surface area contributed by atoms with Gasteiger partial charge in [-0.3, -0.25) is 9.69 Å². The number of likely N-dealkylation sites (N-methyl/N-ethyl adjacent to an activating group) is 1. The quantitative estimate of drug-likeness (QED) is 0.740. The van der Waals surface area contributed by atoms with E-state index in [4.69, 9.17) is 0 Å². The summed E-state index contributed by atoms with van der Waals surface area (Å²) in [5, 5.41) is 2.77. The zero-order valence-corrected chi connectivity index (χ0v) is 12.9. The van der Waals surface area contributed by atoms with Gasteiger partial charge in [-0.15, -0.1) is 0 Å². The van der Waals surface area contributed by atoms with Gasteiger partial charge in [0.25, 0.3) is 0 Å². The van der Waals surface area contributed by atoms with Gasteiger partial charge in [-0.2, -0.15) is 4.31 Å². The topological polar surface area (TPSA) is 69.7 Å². The highest BCUT2D eigenvalue weighted by Gasteiger charge is 2.18. The molecular weight excluding hydrogens is 266 g/mol. The van der Waals surface area contributed by atoms with Crippen molar-refractivity contribution in [3.8, 4) is 0 Å². The lowest BCUT2D eigenvalue weighted by molar-refractivity contribution is -0.121. The van der Waals surface area contributed by atoms with Crippen molar-refractivity contribution in [2.24, 2.45) is 0 Å². The van der Waals surface area contributed by atoms with Crippen LogP contribution >= 0.6 is 0 Å². The number of hydrogen-bond acceptors (Lipinski definition) is 4. The second-order valence-corrected chi connectivity index (χ2v) is 7.34. The van der Waals surface area contributed by atoms with Crippen LogP contribution in [0.4, 0.5) is 0 Å². The summed E-state index contributed by atoms with van der Waals surface area (Å²) in [5.74, 6) is -0.252. The van der Waals surface area contributed by atoms with Gasteiger partial charge in [-0.25, -0.2) is 8.42 Å². The summed E-state index contributed by atoms with van der Waals surface area (Å²) < 4.78 is 23.4. The van der Waals surface area contributed by atoms with Crippen molar-refractivity contribution in [1.82, 2.24) is 14.5 Å². The third-order valence-electron chi connectivity index (χ3n) is 3.59. The normalized spacial score (nSPS) is 21.6. The molecule has 0 aromatic carbocycles. The lowest BCUT2D eigenvalue weighted by atomic mass is 10.0. The first-order chi connectivity index (χ1) is 8.80. The average Bonchev–Trinajstić information content (AvgIpc) is 2.30. The third kappa shape index (κ3) is 5.88. The molecule has 0 radical (unpaired) electrons. The molecule has 1 N–H and O–H groups in total. The molecule has 1 fully saturated rings. The van der Waals surface area contributed by atoms with Gasteiger partial charge >= 0.3 is 0 Å². The van der Waals surface area contributed by atoms with E-state index in [0.717, 1.165) is 23.7 Å². The maximum atomic E-state index is 11.6. The molecule has 1 rings (SSSR count). The fraction of sp³-hybridized carbons (Fsp3) is 0.917. The second kappa shape index (κ2) is 7.21. The molecule has 1 aliphatic heterocycles. The molecule has 0 aromatic rings. The van der Waals surface area contributed by atoms with E-state index in [1.807, 2.05) is 0 Å². The van der Waals surface area contributed by atoms with Gasteiger partial charge < -0.3 is 5.32 Å². The summed E-state index contributed by atoms with van der Waals surface area (Å²) in [6, 6.07) is 0.573. The summed E-state index contributed by atoms with van der Waals surface area (Å²) in [6.45, 7) is 4.57. The van der Waals surface area contributed by atoms with Gasteiger partial charge in [-0.05, 0) is 26.3 Å². The number of amides is 1. The Labute approximate surface area is 116 Å². The molecule has 1 saturated heterocycles. The summed E-state index contributed by atoms with van der Waals surface area (Å²) in [4.78, 5) is 14.0. The first kappa shape index (κ1) is 16.4. The molecule has 0 saturated carbocycles.